The van der Waals surface area contributed by atoms with E-state index in [0.29, 0.717) is 19.0 Å². The topological polar surface area (TPSA) is 64.7 Å². The summed E-state index contributed by atoms with van der Waals surface area (Å²) in [5.74, 6) is 1.41. The van der Waals surface area contributed by atoms with Gasteiger partial charge in [-0.15, -0.1) is 0 Å². The first-order valence-corrected chi connectivity index (χ1v) is 5.97. The van der Waals surface area contributed by atoms with Gasteiger partial charge in [-0.05, 0) is 17.7 Å². The van der Waals surface area contributed by atoms with E-state index in [1.807, 2.05) is 12.1 Å². The van der Waals surface area contributed by atoms with Crippen LogP contribution in [0.1, 0.15) is 18.0 Å². The van der Waals surface area contributed by atoms with E-state index in [1.54, 1.807) is 0 Å². The third kappa shape index (κ3) is 2.31. The van der Waals surface area contributed by atoms with E-state index < -0.39 is 6.04 Å². The van der Waals surface area contributed by atoms with Gasteiger partial charge in [0.05, 0.1) is 25.9 Å². The van der Waals surface area contributed by atoms with Gasteiger partial charge >= 0.3 is 0 Å². The molecule has 0 saturated heterocycles. The highest BCUT2D eigenvalue weighted by atomic mass is 79.9. The van der Waals surface area contributed by atoms with E-state index in [2.05, 4.69) is 15.9 Å². The normalized spacial score (nSPS) is 16.7. The quantitative estimate of drug-likeness (QED) is 0.867. The Balaban J connectivity index is 2.38. The average molecular weight is 288 g/mol. The van der Waals surface area contributed by atoms with E-state index in [-0.39, 0.29) is 6.61 Å². The molecule has 1 heterocycles. The van der Waals surface area contributed by atoms with Crippen molar-refractivity contribution in [3.8, 4) is 11.5 Å². The van der Waals surface area contributed by atoms with Crippen molar-refractivity contribution in [3.63, 3.8) is 0 Å². The fourth-order valence-electron chi connectivity index (χ4n) is 1.58. The first-order chi connectivity index (χ1) is 7.72. The van der Waals surface area contributed by atoms with Crippen LogP contribution in [0.15, 0.2) is 16.6 Å². The Hall–Kier alpha value is -0.780. The number of rotatable bonds is 2. The number of aliphatic hydroxyl groups is 1. The Morgan fingerprint density at radius 1 is 1.31 bits per heavy atom. The van der Waals surface area contributed by atoms with Crippen molar-refractivity contribution in [2.24, 2.45) is 5.73 Å². The molecular formula is C11H14BrNO3. The summed E-state index contributed by atoms with van der Waals surface area (Å²) >= 11 is 3.42. The number of ether oxygens (including phenoxy) is 2. The van der Waals surface area contributed by atoms with Gasteiger partial charge in [-0.2, -0.15) is 0 Å². The summed E-state index contributed by atoms with van der Waals surface area (Å²) in [7, 11) is 0. The molecule has 0 unspecified atom stereocenters. The average Bonchev–Trinajstić information content (AvgIpc) is 2.51. The molecular weight excluding hydrogens is 274 g/mol. The molecule has 1 aromatic carbocycles. The van der Waals surface area contributed by atoms with Gasteiger partial charge < -0.3 is 20.3 Å². The van der Waals surface area contributed by atoms with Crippen molar-refractivity contribution in [2.45, 2.75) is 12.5 Å². The van der Waals surface area contributed by atoms with Gasteiger partial charge in [0, 0.05) is 10.9 Å². The van der Waals surface area contributed by atoms with Gasteiger partial charge in [0.15, 0.2) is 11.5 Å². The molecule has 0 aromatic heterocycles. The van der Waals surface area contributed by atoms with Crippen LogP contribution in [0.4, 0.5) is 0 Å². The van der Waals surface area contributed by atoms with E-state index >= 15 is 0 Å². The van der Waals surface area contributed by atoms with Crippen LogP contribution in [0, 0.1) is 0 Å². The molecule has 4 nitrogen and oxygen atoms in total. The maximum absolute atomic E-state index is 9.05. The summed E-state index contributed by atoms with van der Waals surface area (Å²) < 4.78 is 11.9. The van der Waals surface area contributed by atoms with Crippen molar-refractivity contribution in [1.82, 2.24) is 0 Å². The summed E-state index contributed by atoms with van der Waals surface area (Å²) in [5, 5.41) is 9.05. The Morgan fingerprint density at radius 2 is 1.94 bits per heavy atom. The van der Waals surface area contributed by atoms with Gasteiger partial charge in [-0.3, -0.25) is 0 Å². The smallest absolute Gasteiger partial charge is 0.162 e. The van der Waals surface area contributed by atoms with Crippen LogP contribution in [0.5, 0.6) is 11.5 Å². The maximum atomic E-state index is 9.05. The zero-order valence-corrected chi connectivity index (χ0v) is 10.4. The lowest BCUT2D eigenvalue weighted by Crippen LogP contribution is -2.15. The Kier molecular flexibility index (Phi) is 3.68. The van der Waals surface area contributed by atoms with Crippen LogP contribution in [-0.2, 0) is 0 Å². The van der Waals surface area contributed by atoms with Crippen LogP contribution in [-0.4, -0.2) is 24.9 Å². The summed E-state index contributed by atoms with van der Waals surface area (Å²) in [6.07, 6.45) is 0.869. The SMILES string of the molecule is N[C@H](CO)c1cc2c(cc1Br)OCCCO2. The van der Waals surface area contributed by atoms with Crippen molar-refractivity contribution < 1.29 is 14.6 Å². The molecule has 0 amide bonds. The summed E-state index contributed by atoms with van der Waals surface area (Å²) in [6, 6.07) is 3.25. The highest BCUT2D eigenvalue weighted by Crippen LogP contribution is 2.36. The van der Waals surface area contributed by atoms with E-state index in [0.717, 1.165) is 22.2 Å². The van der Waals surface area contributed by atoms with Gasteiger partial charge in [-0.1, -0.05) is 15.9 Å². The zero-order chi connectivity index (χ0) is 11.5. The Bertz CT molecular complexity index is 384. The van der Waals surface area contributed by atoms with Crippen LogP contribution in [0.25, 0.3) is 0 Å². The molecule has 3 N–H and O–H groups in total. The number of halogens is 1. The van der Waals surface area contributed by atoms with Gasteiger partial charge in [-0.25, -0.2) is 0 Å². The van der Waals surface area contributed by atoms with Crippen LogP contribution in [0.3, 0.4) is 0 Å². The number of hydrogen-bond acceptors (Lipinski definition) is 4. The second kappa shape index (κ2) is 5.03. The Labute approximate surface area is 102 Å². The monoisotopic (exact) mass is 287 g/mol. The standard InChI is InChI=1S/C11H14BrNO3/c12-8-5-11-10(15-2-1-3-16-11)4-7(8)9(13)6-14/h4-5,9,14H,1-3,6,13H2/t9-/m1/s1. The second-order valence-electron chi connectivity index (χ2n) is 3.66. The number of fused-ring (bicyclic) bond motifs is 1. The van der Waals surface area contributed by atoms with E-state index in [9.17, 15) is 0 Å². The fourth-order valence-corrected chi connectivity index (χ4v) is 2.20. The van der Waals surface area contributed by atoms with E-state index in [1.165, 1.54) is 0 Å². The van der Waals surface area contributed by atoms with E-state index in [4.69, 9.17) is 20.3 Å². The van der Waals surface area contributed by atoms with Crippen molar-refractivity contribution in [2.75, 3.05) is 19.8 Å². The molecule has 16 heavy (non-hydrogen) atoms. The van der Waals surface area contributed by atoms with Crippen molar-refractivity contribution in [3.05, 3.63) is 22.2 Å². The third-order valence-corrected chi connectivity index (χ3v) is 3.15. The van der Waals surface area contributed by atoms with Crippen LogP contribution < -0.4 is 15.2 Å². The first kappa shape index (κ1) is 11.7. The number of hydrogen-bond donors (Lipinski definition) is 2. The van der Waals surface area contributed by atoms with Gasteiger partial charge in [0.2, 0.25) is 0 Å². The summed E-state index contributed by atoms with van der Waals surface area (Å²) in [4.78, 5) is 0. The first-order valence-electron chi connectivity index (χ1n) is 5.18. The van der Waals surface area contributed by atoms with Crippen LogP contribution in [0.2, 0.25) is 0 Å². The molecule has 88 valence electrons. The molecule has 1 aliphatic rings. The predicted molar refractivity (Wildman–Crippen MR) is 63.8 cm³/mol. The molecule has 0 fully saturated rings. The molecule has 2 rings (SSSR count). The summed E-state index contributed by atoms with van der Waals surface area (Å²) in [6.45, 7) is 1.20. The minimum atomic E-state index is -0.411. The lowest BCUT2D eigenvalue weighted by molar-refractivity contribution is 0.267. The molecule has 0 spiro atoms. The highest BCUT2D eigenvalue weighted by molar-refractivity contribution is 9.10. The van der Waals surface area contributed by atoms with Crippen molar-refractivity contribution in [1.29, 1.82) is 0 Å². The largest absolute Gasteiger partial charge is 0.490 e. The second-order valence-corrected chi connectivity index (χ2v) is 4.51. The third-order valence-electron chi connectivity index (χ3n) is 2.46. The summed E-state index contributed by atoms with van der Waals surface area (Å²) in [5.41, 5.74) is 6.62. The Morgan fingerprint density at radius 3 is 2.56 bits per heavy atom. The van der Waals surface area contributed by atoms with Crippen LogP contribution >= 0.6 is 15.9 Å². The predicted octanol–water partition coefficient (Wildman–Crippen LogP) is 1.60. The minimum Gasteiger partial charge on any atom is -0.490 e. The lowest BCUT2D eigenvalue weighted by Gasteiger charge is -2.15. The molecule has 1 aromatic rings. The van der Waals surface area contributed by atoms with Crippen molar-refractivity contribution >= 4 is 15.9 Å². The fraction of sp³-hybridized carbons (Fsp3) is 0.455. The number of aliphatic hydroxyl groups excluding tert-OH is 1. The molecule has 1 atom stereocenters. The number of nitrogens with two attached hydrogens (primary N) is 1. The highest BCUT2D eigenvalue weighted by Gasteiger charge is 2.16. The lowest BCUT2D eigenvalue weighted by atomic mass is 10.1. The maximum Gasteiger partial charge on any atom is 0.162 e. The molecule has 5 heteroatoms. The molecule has 0 saturated carbocycles. The zero-order valence-electron chi connectivity index (χ0n) is 8.78. The number of benzene rings is 1. The molecule has 1 aliphatic heterocycles. The molecule has 0 aliphatic carbocycles. The molecule has 0 radical (unpaired) electrons. The van der Waals surface area contributed by atoms with Gasteiger partial charge in [0.1, 0.15) is 0 Å². The minimum absolute atomic E-state index is 0.0990. The van der Waals surface area contributed by atoms with Gasteiger partial charge in [0.25, 0.3) is 0 Å². The molecule has 0 bridgehead atoms.